The second-order valence-corrected chi connectivity index (χ2v) is 4.24. The van der Waals surface area contributed by atoms with Crippen molar-refractivity contribution in [2.45, 2.75) is 18.9 Å². The lowest BCUT2D eigenvalue weighted by Crippen LogP contribution is -2.40. The highest BCUT2D eigenvalue weighted by Gasteiger charge is 2.35. The largest absolute Gasteiger partial charge is 0.505 e. The van der Waals surface area contributed by atoms with Crippen molar-refractivity contribution in [2.24, 2.45) is 0 Å². The van der Waals surface area contributed by atoms with Crippen LogP contribution in [-0.2, 0) is 4.79 Å². The van der Waals surface area contributed by atoms with Gasteiger partial charge < -0.3 is 20.8 Å². The van der Waals surface area contributed by atoms with Crippen LogP contribution in [0.25, 0.3) is 0 Å². The quantitative estimate of drug-likeness (QED) is 0.528. The van der Waals surface area contributed by atoms with Crippen LogP contribution < -0.4 is 5.73 Å². The van der Waals surface area contributed by atoms with Gasteiger partial charge in [-0.15, -0.1) is 0 Å². The van der Waals surface area contributed by atoms with E-state index in [1.165, 1.54) is 17.0 Å². The zero-order valence-electron chi connectivity index (χ0n) is 9.67. The number of para-hydroxylation sites is 1. The number of aromatic hydroxyl groups is 1. The van der Waals surface area contributed by atoms with E-state index in [2.05, 4.69) is 0 Å². The number of likely N-dealkylation sites (tertiary alicyclic amines) is 1. The first-order valence-electron chi connectivity index (χ1n) is 5.63. The minimum absolute atomic E-state index is 0.0446. The molecule has 0 aromatic heterocycles. The number of carboxylic acids is 1. The van der Waals surface area contributed by atoms with Crippen molar-refractivity contribution in [2.75, 3.05) is 12.3 Å². The van der Waals surface area contributed by atoms with E-state index >= 15 is 0 Å². The molecule has 1 heterocycles. The minimum atomic E-state index is -1.02. The molecule has 0 radical (unpaired) electrons. The number of nitrogen functional groups attached to an aromatic ring is 1. The predicted molar refractivity (Wildman–Crippen MR) is 64.2 cm³/mol. The van der Waals surface area contributed by atoms with Crippen LogP contribution in [0, 0.1) is 0 Å². The van der Waals surface area contributed by atoms with E-state index in [0.29, 0.717) is 19.4 Å². The van der Waals surface area contributed by atoms with Gasteiger partial charge in [-0.25, -0.2) is 4.79 Å². The number of amides is 1. The van der Waals surface area contributed by atoms with Crippen LogP contribution in [0.5, 0.6) is 5.75 Å². The fraction of sp³-hybridized carbons (Fsp3) is 0.333. The van der Waals surface area contributed by atoms with E-state index in [1.807, 2.05) is 0 Å². The van der Waals surface area contributed by atoms with Gasteiger partial charge in [0, 0.05) is 6.54 Å². The molecule has 2 rings (SSSR count). The number of hydrogen-bond acceptors (Lipinski definition) is 4. The van der Waals surface area contributed by atoms with E-state index in [1.54, 1.807) is 6.07 Å². The van der Waals surface area contributed by atoms with Gasteiger partial charge in [-0.1, -0.05) is 6.07 Å². The average molecular weight is 250 g/mol. The number of nitrogens with zero attached hydrogens (tertiary/aromatic N) is 1. The number of carbonyl (C=O) groups is 2. The molecule has 1 amide bonds. The van der Waals surface area contributed by atoms with Crippen molar-refractivity contribution < 1.29 is 19.8 Å². The highest BCUT2D eigenvalue weighted by molar-refractivity contribution is 6.00. The Balaban J connectivity index is 2.31. The van der Waals surface area contributed by atoms with Crippen LogP contribution in [0.15, 0.2) is 18.2 Å². The number of phenolic OH excluding ortho intramolecular Hbond substituents is 1. The molecule has 6 nitrogen and oxygen atoms in total. The SMILES string of the molecule is Nc1cccc(C(=O)N2CCC[C@H]2C(=O)O)c1O. The van der Waals surface area contributed by atoms with Gasteiger partial charge in [0.05, 0.1) is 11.3 Å². The number of phenols is 1. The number of aliphatic carboxylic acids is 1. The molecule has 96 valence electrons. The standard InChI is InChI=1S/C12H14N2O4/c13-8-4-1-3-7(10(8)15)11(16)14-6-2-5-9(14)12(17)18/h1,3-4,9,15H,2,5-6,13H2,(H,17,18)/t9-/m0/s1. The molecular weight excluding hydrogens is 236 g/mol. The third-order valence-corrected chi connectivity index (χ3v) is 3.10. The maximum atomic E-state index is 12.2. The van der Waals surface area contributed by atoms with Gasteiger partial charge in [-0.3, -0.25) is 4.79 Å². The fourth-order valence-electron chi connectivity index (χ4n) is 2.16. The lowest BCUT2D eigenvalue weighted by Gasteiger charge is -2.22. The highest BCUT2D eigenvalue weighted by Crippen LogP contribution is 2.28. The van der Waals surface area contributed by atoms with Gasteiger partial charge in [-0.05, 0) is 25.0 Å². The molecule has 1 aliphatic rings. The van der Waals surface area contributed by atoms with Crippen LogP contribution in [0.3, 0.4) is 0 Å². The van der Waals surface area contributed by atoms with Crippen LogP contribution in [0.2, 0.25) is 0 Å². The number of carboxylic acid groups (broad SMARTS) is 1. The van der Waals surface area contributed by atoms with Crippen molar-refractivity contribution in [3.8, 4) is 5.75 Å². The van der Waals surface area contributed by atoms with Crippen molar-refractivity contribution in [1.82, 2.24) is 4.90 Å². The second kappa shape index (κ2) is 4.56. The van der Waals surface area contributed by atoms with Crippen LogP contribution in [0.1, 0.15) is 23.2 Å². The summed E-state index contributed by atoms with van der Waals surface area (Å²) < 4.78 is 0. The molecule has 0 bridgehead atoms. The maximum Gasteiger partial charge on any atom is 0.326 e. The Hall–Kier alpha value is -2.24. The minimum Gasteiger partial charge on any atom is -0.505 e. The van der Waals surface area contributed by atoms with E-state index in [0.717, 1.165) is 0 Å². The summed E-state index contributed by atoms with van der Waals surface area (Å²) in [6.07, 6.45) is 1.08. The Bertz CT molecular complexity index is 501. The summed E-state index contributed by atoms with van der Waals surface area (Å²) >= 11 is 0. The molecule has 1 saturated heterocycles. The third kappa shape index (κ3) is 1.97. The number of anilines is 1. The van der Waals surface area contributed by atoms with Gasteiger partial charge in [0.1, 0.15) is 6.04 Å². The second-order valence-electron chi connectivity index (χ2n) is 4.24. The number of carbonyl (C=O) groups excluding carboxylic acids is 1. The van der Waals surface area contributed by atoms with Gasteiger partial charge >= 0.3 is 5.97 Å². The Morgan fingerprint density at radius 3 is 2.78 bits per heavy atom. The number of hydrogen-bond donors (Lipinski definition) is 3. The molecule has 0 aliphatic carbocycles. The monoisotopic (exact) mass is 250 g/mol. The first-order chi connectivity index (χ1) is 8.52. The number of nitrogens with two attached hydrogens (primary N) is 1. The Kier molecular flexibility index (Phi) is 3.10. The molecule has 1 fully saturated rings. The molecule has 0 spiro atoms. The van der Waals surface area contributed by atoms with Gasteiger partial charge in [0.25, 0.3) is 5.91 Å². The summed E-state index contributed by atoms with van der Waals surface area (Å²) in [7, 11) is 0. The lowest BCUT2D eigenvalue weighted by atomic mass is 10.1. The normalized spacial score (nSPS) is 18.9. The number of rotatable bonds is 2. The maximum absolute atomic E-state index is 12.2. The fourth-order valence-corrected chi connectivity index (χ4v) is 2.16. The predicted octanol–water partition coefficient (Wildman–Crippen LogP) is 0.664. The van der Waals surface area contributed by atoms with Gasteiger partial charge in [-0.2, -0.15) is 0 Å². The molecule has 1 aromatic rings. The van der Waals surface area contributed by atoms with Crippen LogP contribution in [-0.4, -0.2) is 39.6 Å². The molecule has 0 unspecified atom stereocenters. The molecule has 1 atom stereocenters. The Morgan fingerprint density at radius 2 is 2.11 bits per heavy atom. The number of benzene rings is 1. The van der Waals surface area contributed by atoms with E-state index in [9.17, 15) is 14.7 Å². The van der Waals surface area contributed by atoms with Crippen molar-refractivity contribution in [1.29, 1.82) is 0 Å². The summed E-state index contributed by atoms with van der Waals surface area (Å²) in [5.41, 5.74) is 5.66. The molecule has 1 aromatic carbocycles. The summed E-state index contributed by atoms with van der Waals surface area (Å²) in [4.78, 5) is 24.5. The molecular formula is C12H14N2O4. The highest BCUT2D eigenvalue weighted by atomic mass is 16.4. The Morgan fingerprint density at radius 1 is 1.39 bits per heavy atom. The van der Waals surface area contributed by atoms with Crippen molar-refractivity contribution in [3.05, 3.63) is 23.8 Å². The van der Waals surface area contributed by atoms with Gasteiger partial charge in [0.15, 0.2) is 5.75 Å². The summed E-state index contributed by atoms with van der Waals surface area (Å²) in [6.45, 7) is 0.379. The first-order valence-corrected chi connectivity index (χ1v) is 5.63. The summed E-state index contributed by atoms with van der Waals surface area (Å²) in [5, 5.41) is 18.8. The van der Waals surface area contributed by atoms with Crippen LogP contribution in [0.4, 0.5) is 5.69 Å². The van der Waals surface area contributed by atoms with Gasteiger partial charge in [0.2, 0.25) is 0 Å². The van der Waals surface area contributed by atoms with Crippen LogP contribution >= 0.6 is 0 Å². The molecule has 4 N–H and O–H groups in total. The smallest absolute Gasteiger partial charge is 0.326 e. The molecule has 0 saturated carbocycles. The van der Waals surface area contributed by atoms with E-state index in [-0.39, 0.29) is 17.0 Å². The molecule has 18 heavy (non-hydrogen) atoms. The third-order valence-electron chi connectivity index (χ3n) is 3.10. The molecule has 1 aliphatic heterocycles. The zero-order chi connectivity index (χ0) is 13.3. The zero-order valence-corrected chi connectivity index (χ0v) is 9.67. The van der Waals surface area contributed by atoms with E-state index < -0.39 is 17.9 Å². The first kappa shape index (κ1) is 12.2. The van der Waals surface area contributed by atoms with Crippen molar-refractivity contribution >= 4 is 17.6 Å². The van der Waals surface area contributed by atoms with Crippen molar-refractivity contribution in [3.63, 3.8) is 0 Å². The average Bonchev–Trinajstić information content (AvgIpc) is 2.81. The topological polar surface area (TPSA) is 104 Å². The summed E-state index contributed by atoms with van der Waals surface area (Å²) in [6, 6.07) is 3.64. The van der Waals surface area contributed by atoms with E-state index in [4.69, 9.17) is 10.8 Å². The lowest BCUT2D eigenvalue weighted by molar-refractivity contribution is -0.141. The Labute approximate surface area is 104 Å². The molecule has 6 heteroatoms. The summed E-state index contributed by atoms with van der Waals surface area (Å²) in [5.74, 6) is -1.81.